The van der Waals surface area contributed by atoms with E-state index in [1.54, 1.807) is 20.3 Å². The van der Waals surface area contributed by atoms with E-state index in [-0.39, 0.29) is 5.56 Å². The molecular weight excluding hydrogens is 340 g/mol. The summed E-state index contributed by atoms with van der Waals surface area (Å²) in [6, 6.07) is 20.9. The molecule has 5 heteroatoms. The molecule has 0 unspecified atom stereocenters. The largest absolute Gasteiger partial charge is 0.493 e. The zero-order valence-corrected chi connectivity index (χ0v) is 15.0. The van der Waals surface area contributed by atoms with Crippen molar-refractivity contribution in [2.45, 2.75) is 0 Å². The zero-order chi connectivity index (χ0) is 18.8. The highest BCUT2D eigenvalue weighted by atomic mass is 16.5. The molecule has 1 heterocycles. The molecule has 0 saturated carbocycles. The van der Waals surface area contributed by atoms with Gasteiger partial charge in [-0.05, 0) is 35.4 Å². The van der Waals surface area contributed by atoms with Crippen LogP contribution in [0, 0.1) is 0 Å². The van der Waals surface area contributed by atoms with Crippen molar-refractivity contribution in [3.63, 3.8) is 0 Å². The minimum atomic E-state index is -0.155. The SMILES string of the molecule is COc1ccc(-c2ccccc2-c2nc3ccccc3c(=O)[nH]2)cc1OC. The van der Waals surface area contributed by atoms with Gasteiger partial charge in [0, 0.05) is 5.56 Å². The lowest BCUT2D eigenvalue weighted by Gasteiger charge is -2.13. The van der Waals surface area contributed by atoms with Crippen LogP contribution in [-0.2, 0) is 0 Å². The number of methoxy groups -OCH3 is 2. The topological polar surface area (TPSA) is 64.2 Å². The lowest BCUT2D eigenvalue weighted by Crippen LogP contribution is -2.09. The fourth-order valence-corrected chi connectivity index (χ4v) is 3.16. The Kier molecular flexibility index (Phi) is 4.34. The standard InChI is InChI=1S/C22H18N2O3/c1-26-19-12-11-14(13-20(19)27-2)15-7-3-4-8-16(15)21-23-18-10-6-5-9-17(18)22(25)24-21/h3-13H,1-2H3,(H,23,24,25). The maximum atomic E-state index is 12.5. The molecule has 4 aromatic rings. The highest BCUT2D eigenvalue weighted by molar-refractivity contribution is 5.85. The molecule has 0 aliphatic heterocycles. The number of hydrogen-bond donors (Lipinski definition) is 1. The van der Waals surface area contributed by atoms with Crippen LogP contribution < -0.4 is 15.0 Å². The van der Waals surface area contributed by atoms with Crippen molar-refractivity contribution in [1.29, 1.82) is 0 Å². The number of nitrogens with one attached hydrogen (secondary N) is 1. The van der Waals surface area contributed by atoms with Crippen LogP contribution in [0.15, 0.2) is 71.5 Å². The van der Waals surface area contributed by atoms with Crippen LogP contribution in [-0.4, -0.2) is 24.2 Å². The van der Waals surface area contributed by atoms with Gasteiger partial charge in [0.25, 0.3) is 5.56 Å². The molecule has 1 aromatic heterocycles. The molecule has 27 heavy (non-hydrogen) atoms. The number of hydrogen-bond acceptors (Lipinski definition) is 4. The van der Waals surface area contributed by atoms with E-state index < -0.39 is 0 Å². The number of fused-ring (bicyclic) bond motifs is 1. The summed E-state index contributed by atoms with van der Waals surface area (Å²) >= 11 is 0. The minimum Gasteiger partial charge on any atom is -0.493 e. The van der Waals surface area contributed by atoms with Gasteiger partial charge in [0.05, 0.1) is 25.1 Å². The van der Waals surface area contributed by atoms with Gasteiger partial charge in [-0.2, -0.15) is 0 Å². The molecule has 0 aliphatic carbocycles. The van der Waals surface area contributed by atoms with E-state index in [9.17, 15) is 4.79 Å². The van der Waals surface area contributed by atoms with Crippen LogP contribution in [0.2, 0.25) is 0 Å². The average Bonchev–Trinajstić information content (AvgIpc) is 2.73. The summed E-state index contributed by atoms with van der Waals surface area (Å²) in [6.07, 6.45) is 0. The smallest absolute Gasteiger partial charge is 0.259 e. The van der Waals surface area contributed by atoms with Gasteiger partial charge >= 0.3 is 0 Å². The highest BCUT2D eigenvalue weighted by Gasteiger charge is 2.13. The van der Waals surface area contributed by atoms with Crippen LogP contribution >= 0.6 is 0 Å². The number of benzene rings is 3. The van der Waals surface area contributed by atoms with Crippen molar-refractivity contribution < 1.29 is 9.47 Å². The highest BCUT2D eigenvalue weighted by Crippen LogP contribution is 2.36. The molecule has 0 fully saturated rings. The summed E-state index contributed by atoms with van der Waals surface area (Å²) in [5.74, 6) is 1.84. The Hall–Kier alpha value is -3.60. The minimum absolute atomic E-state index is 0.155. The predicted molar refractivity (Wildman–Crippen MR) is 106 cm³/mol. The van der Waals surface area contributed by atoms with E-state index in [2.05, 4.69) is 9.97 Å². The zero-order valence-electron chi connectivity index (χ0n) is 15.0. The van der Waals surface area contributed by atoms with Gasteiger partial charge in [0.1, 0.15) is 5.82 Å². The maximum Gasteiger partial charge on any atom is 0.259 e. The molecule has 0 aliphatic rings. The lowest BCUT2D eigenvalue weighted by atomic mass is 9.98. The maximum absolute atomic E-state index is 12.5. The summed E-state index contributed by atoms with van der Waals surface area (Å²) in [7, 11) is 3.21. The monoisotopic (exact) mass is 358 g/mol. The van der Waals surface area contributed by atoms with Crippen LogP contribution in [0.1, 0.15) is 0 Å². The number of aromatic nitrogens is 2. The first-order valence-corrected chi connectivity index (χ1v) is 8.52. The second-order valence-electron chi connectivity index (χ2n) is 6.05. The molecule has 0 atom stereocenters. The number of H-pyrrole nitrogens is 1. The molecular formula is C22H18N2O3. The van der Waals surface area contributed by atoms with Gasteiger partial charge in [0.2, 0.25) is 0 Å². The third-order valence-corrected chi connectivity index (χ3v) is 4.49. The molecule has 5 nitrogen and oxygen atoms in total. The second kappa shape index (κ2) is 6.96. The van der Waals surface area contributed by atoms with Gasteiger partial charge in [0.15, 0.2) is 11.5 Å². The first kappa shape index (κ1) is 16.8. The number of ether oxygens (including phenoxy) is 2. The van der Waals surface area contributed by atoms with E-state index >= 15 is 0 Å². The number of para-hydroxylation sites is 1. The fourth-order valence-electron chi connectivity index (χ4n) is 3.16. The van der Waals surface area contributed by atoms with Gasteiger partial charge < -0.3 is 14.5 Å². The van der Waals surface area contributed by atoms with Crippen LogP contribution in [0.4, 0.5) is 0 Å². The van der Waals surface area contributed by atoms with Gasteiger partial charge in [-0.3, -0.25) is 4.79 Å². The summed E-state index contributed by atoms with van der Waals surface area (Å²) in [5.41, 5.74) is 3.24. The summed E-state index contributed by atoms with van der Waals surface area (Å²) in [6.45, 7) is 0. The van der Waals surface area contributed by atoms with E-state index in [0.717, 1.165) is 16.7 Å². The van der Waals surface area contributed by atoms with Crippen LogP contribution in [0.25, 0.3) is 33.4 Å². The van der Waals surface area contributed by atoms with E-state index in [0.29, 0.717) is 28.2 Å². The Morgan fingerprint density at radius 2 is 1.52 bits per heavy atom. The average molecular weight is 358 g/mol. The van der Waals surface area contributed by atoms with E-state index in [1.165, 1.54) is 0 Å². The third-order valence-electron chi connectivity index (χ3n) is 4.49. The first-order chi connectivity index (χ1) is 13.2. The summed E-state index contributed by atoms with van der Waals surface area (Å²) < 4.78 is 10.7. The molecule has 3 aromatic carbocycles. The first-order valence-electron chi connectivity index (χ1n) is 8.52. The van der Waals surface area contributed by atoms with Gasteiger partial charge in [-0.1, -0.05) is 42.5 Å². The molecule has 4 rings (SSSR count). The fraction of sp³-hybridized carbons (Fsp3) is 0.0909. The van der Waals surface area contributed by atoms with Crippen molar-refractivity contribution in [2.75, 3.05) is 14.2 Å². The number of aromatic amines is 1. The summed E-state index contributed by atoms with van der Waals surface area (Å²) in [4.78, 5) is 20.0. The van der Waals surface area contributed by atoms with Crippen LogP contribution in [0.3, 0.4) is 0 Å². The normalized spacial score (nSPS) is 10.7. The molecule has 134 valence electrons. The van der Waals surface area contributed by atoms with Crippen molar-refractivity contribution in [1.82, 2.24) is 9.97 Å². The lowest BCUT2D eigenvalue weighted by molar-refractivity contribution is 0.355. The third kappa shape index (κ3) is 3.04. The van der Waals surface area contributed by atoms with Gasteiger partial charge in [-0.15, -0.1) is 0 Å². The molecule has 1 N–H and O–H groups in total. The van der Waals surface area contributed by atoms with Crippen molar-refractivity contribution in [3.05, 3.63) is 77.1 Å². The quantitative estimate of drug-likeness (QED) is 0.592. The summed E-state index contributed by atoms with van der Waals surface area (Å²) in [5, 5.41) is 0.574. The van der Waals surface area contributed by atoms with E-state index in [1.807, 2.05) is 60.7 Å². The molecule has 0 bridgehead atoms. The Labute approximate surface area is 156 Å². The molecule has 0 spiro atoms. The Morgan fingerprint density at radius 3 is 2.30 bits per heavy atom. The molecule has 0 radical (unpaired) electrons. The Morgan fingerprint density at radius 1 is 0.815 bits per heavy atom. The van der Waals surface area contributed by atoms with Crippen LogP contribution in [0.5, 0.6) is 11.5 Å². The second-order valence-corrected chi connectivity index (χ2v) is 6.05. The Balaban J connectivity index is 1.91. The van der Waals surface area contributed by atoms with Crippen molar-refractivity contribution >= 4 is 10.9 Å². The molecule has 0 amide bonds. The van der Waals surface area contributed by atoms with Crippen molar-refractivity contribution in [3.8, 4) is 34.0 Å². The van der Waals surface area contributed by atoms with Gasteiger partial charge in [-0.25, -0.2) is 4.98 Å². The van der Waals surface area contributed by atoms with E-state index in [4.69, 9.17) is 9.47 Å². The van der Waals surface area contributed by atoms with Crippen molar-refractivity contribution in [2.24, 2.45) is 0 Å². The number of rotatable bonds is 4. The molecule has 0 saturated heterocycles. The number of nitrogens with zero attached hydrogens (tertiary/aromatic N) is 1. The predicted octanol–water partition coefficient (Wildman–Crippen LogP) is 4.27. The Bertz CT molecular complexity index is 1180.